The van der Waals surface area contributed by atoms with Gasteiger partial charge in [0.2, 0.25) is 5.75 Å². The van der Waals surface area contributed by atoms with Crippen molar-refractivity contribution in [2.24, 2.45) is 0 Å². The number of anilines is 1. The molecule has 2 aromatic carbocycles. The number of halogens is 1. The van der Waals surface area contributed by atoms with E-state index in [0.717, 1.165) is 11.3 Å². The molecule has 0 fully saturated rings. The fourth-order valence-corrected chi connectivity index (χ4v) is 1.83. The van der Waals surface area contributed by atoms with E-state index in [2.05, 4.69) is 5.32 Å². The van der Waals surface area contributed by atoms with Gasteiger partial charge in [0.25, 0.3) is 0 Å². The Bertz CT molecular complexity index is 614. The Kier molecular flexibility index (Phi) is 3.71. The second kappa shape index (κ2) is 5.28. The zero-order chi connectivity index (χ0) is 14.0. The molecule has 0 bridgehead atoms. The lowest BCUT2D eigenvalue weighted by atomic mass is 10.1. The van der Waals surface area contributed by atoms with Gasteiger partial charge in [-0.05, 0) is 36.8 Å². The average Bonchev–Trinajstić information content (AvgIpc) is 2.39. The summed E-state index contributed by atoms with van der Waals surface area (Å²) in [4.78, 5) is 0. The highest BCUT2D eigenvalue weighted by molar-refractivity contribution is 6.31. The highest BCUT2D eigenvalue weighted by atomic mass is 35.5. The molecule has 0 radical (unpaired) electrons. The van der Waals surface area contributed by atoms with Gasteiger partial charge in [-0.3, -0.25) is 0 Å². The number of phenolic OH excluding ortho intramolecular Hbond substituents is 3. The Labute approximate surface area is 115 Å². The van der Waals surface area contributed by atoms with E-state index in [1.165, 1.54) is 12.1 Å². The van der Waals surface area contributed by atoms with Gasteiger partial charge in [0.1, 0.15) is 0 Å². The monoisotopic (exact) mass is 279 g/mol. The van der Waals surface area contributed by atoms with Crippen LogP contribution >= 0.6 is 11.6 Å². The summed E-state index contributed by atoms with van der Waals surface area (Å²) in [6.07, 6.45) is 0. The van der Waals surface area contributed by atoms with Crippen LogP contribution in [-0.4, -0.2) is 15.3 Å². The lowest BCUT2D eigenvalue weighted by Crippen LogP contribution is -2.00. The van der Waals surface area contributed by atoms with Crippen molar-refractivity contribution in [2.45, 2.75) is 13.5 Å². The molecule has 0 unspecified atom stereocenters. The van der Waals surface area contributed by atoms with E-state index in [-0.39, 0.29) is 11.5 Å². The predicted octanol–water partition coefficient (Wildman–Crippen LogP) is 3.38. The van der Waals surface area contributed by atoms with Crippen molar-refractivity contribution in [1.29, 1.82) is 0 Å². The number of benzene rings is 2. The summed E-state index contributed by atoms with van der Waals surface area (Å²) in [5.41, 5.74) is 2.27. The first-order valence-corrected chi connectivity index (χ1v) is 6.09. The number of rotatable bonds is 3. The van der Waals surface area contributed by atoms with Gasteiger partial charge in [-0.1, -0.05) is 17.7 Å². The van der Waals surface area contributed by atoms with Crippen LogP contribution in [0.2, 0.25) is 5.02 Å². The van der Waals surface area contributed by atoms with Crippen molar-refractivity contribution in [3.05, 3.63) is 46.5 Å². The lowest BCUT2D eigenvalue weighted by molar-refractivity contribution is 0.365. The quantitative estimate of drug-likeness (QED) is 0.650. The molecule has 0 aliphatic rings. The molecule has 0 spiro atoms. The maximum Gasteiger partial charge on any atom is 0.200 e. The molecule has 0 amide bonds. The van der Waals surface area contributed by atoms with Crippen LogP contribution in [0.3, 0.4) is 0 Å². The molecule has 4 nitrogen and oxygen atoms in total. The number of phenols is 3. The van der Waals surface area contributed by atoms with Crippen LogP contribution in [0.4, 0.5) is 5.69 Å². The average molecular weight is 280 g/mol. The number of aromatic hydroxyl groups is 3. The third-order valence-corrected chi connectivity index (χ3v) is 3.28. The van der Waals surface area contributed by atoms with Gasteiger partial charge < -0.3 is 20.6 Å². The summed E-state index contributed by atoms with van der Waals surface area (Å²) in [6.45, 7) is 2.22. The second-order valence-corrected chi connectivity index (χ2v) is 4.67. The van der Waals surface area contributed by atoms with Crippen molar-refractivity contribution < 1.29 is 15.3 Å². The van der Waals surface area contributed by atoms with Gasteiger partial charge in [-0.25, -0.2) is 0 Å². The molecule has 0 saturated heterocycles. The summed E-state index contributed by atoms with van der Waals surface area (Å²) in [7, 11) is 0. The van der Waals surface area contributed by atoms with Crippen molar-refractivity contribution in [2.75, 3.05) is 5.32 Å². The molecule has 0 aliphatic carbocycles. The SMILES string of the molecule is Cc1ccc(NCc2ccc(O)c(O)c2O)cc1Cl. The summed E-state index contributed by atoms with van der Waals surface area (Å²) < 4.78 is 0. The Hall–Kier alpha value is -2.07. The molecule has 2 aromatic rings. The van der Waals surface area contributed by atoms with E-state index < -0.39 is 5.75 Å². The molecular formula is C14H14ClNO3. The van der Waals surface area contributed by atoms with Crippen LogP contribution in [0.1, 0.15) is 11.1 Å². The van der Waals surface area contributed by atoms with Crippen molar-refractivity contribution in [1.82, 2.24) is 0 Å². The normalized spacial score (nSPS) is 10.4. The maximum atomic E-state index is 9.68. The third kappa shape index (κ3) is 2.85. The van der Waals surface area contributed by atoms with E-state index in [9.17, 15) is 15.3 Å². The van der Waals surface area contributed by atoms with E-state index in [1.807, 2.05) is 19.1 Å². The predicted molar refractivity (Wildman–Crippen MR) is 75.0 cm³/mol. The maximum absolute atomic E-state index is 9.68. The third-order valence-electron chi connectivity index (χ3n) is 2.87. The molecular weight excluding hydrogens is 266 g/mol. The minimum atomic E-state index is -0.513. The van der Waals surface area contributed by atoms with Gasteiger partial charge in [-0.15, -0.1) is 0 Å². The number of aryl methyl sites for hydroxylation is 1. The molecule has 4 N–H and O–H groups in total. The van der Waals surface area contributed by atoms with Crippen molar-refractivity contribution in [3.63, 3.8) is 0 Å². The van der Waals surface area contributed by atoms with Gasteiger partial charge in [0.15, 0.2) is 11.5 Å². The summed E-state index contributed by atoms with van der Waals surface area (Å²) in [5, 5.41) is 32.1. The van der Waals surface area contributed by atoms with Gasteiger partial charge >= 0.3 is 0 Å². The zero-order valence-electron chi connectivity index (χ0n) is 10.3. The standard InChI is InChI=1S/C14H14ClNO3/c1-8-2-4-10(6-11(8)15)16-7-9-3-5-12(17)14(19)13(9)18/h2-6,16-19H,7H2,1H3. The lowest BCUT2D eigenvalue weighted by Gasteiger charge is -2.10. The minimum absolute atomic E-state index is 0.305. The first kappa shape index (κ1) is 13.4. The smallest absolute Gasteiger partial charge is 0.200 e. The zero-order valence-corrected chi connectivity index (χ0v) is 11.1. The van der Waals surface area contributed by atoms with E-state index in [1.54, 1.807) is 6.07 Å². The van der Waals surface area contributed by atoms with Crippen molar-refractivity contribution >= 4 is 17.3 Å². The Morgan fingerprint density at radius 3 is 2.47 bits per heavy atom. The Morgan fingerprint density at radius 2 is 1.79 bits per heavy atom. The van der Waals surface area contributed by atoms with Crippen molar-refractivity contribution in [3.8, 4) is 17.2 Å². The molecule has 19 heavy (non-hydrogen) atoms. The number of hydrogen-bond donors (Lipinski definition) is 4. The molecule has 0 atom stereocenters. The Morgan fingerprint density at radius 1 is 1.05 bits per heavy atom. The molecule has 2 rings (SSSR count). The molecule has 5 heteroatoms. The topological polar surface area (TPSA) is 72.7 Å². The highest BCUT2D eigenvalue weighted by Gasteiger charge is 2.10. The van der Waals surface area contributed by atoms with Crippen LogP contribution in [-0.2, 0) is 6.54 Å². The second-order valence-electron chi connectivity index (χ2n) is 4.26. The highest BCUT2D eigenvalue weighted by Crippen LogP contribution is 2.37. The summed E-state index contributed by atoms with van der Waals surface area (Å²) in [5.74, 6) is -1.19. The fourth-order valence-electron chi connectivity index (χ4n) is 1.65. The Balaban J connectivity index is 2.14. The van der Waals surface area contributed by atoms with Crippen LogP contribution in [0.15, 0.2) is 30.3 Å². The molecule has 0 saturated carbocycles. The molecule has 0 aromatic heterocycles. The van der Waals surface area contributed by atoms with E-state index >= 15 is 0 Å². The summed E-state index contributed by atoms with van der Waals surface area (Å²) >= 11 is 6.01. The van der Waals surface area contributed by atoms with Crippen LogP contribution < -0.4 is 5.32 Å². The largest absolute Gasteiger partial charge is 0.504 e. The van der Waals surface area contributed by atoms with E-state index in [4.69, 9.17) is 11.6 Å². The number of hydrogen-bond acceptors (Lipinski definition) is 4. The van der Waals surface area contributed by atoms with Crippen LogP contribution in [0.5, 0.6) is 17.2 Å². The van der Waals surface area contributed by atoms with Gasteiger partial charge in [-0.2, -0.15) is 0 Å². The van der Waals surface area contributed by atoms with Gasteiger partial charge in [0.05, 0.1) is 0 Å². The molecule has 0 heterocycles. The first-order chi connectivity index (χ1) is 8.99. The summed E-state index contributed by atoms with van der Waals surface area (Å²) in [6, 6.07) is 8.41. The van der Waals surface area contributed by atoms with Crippen LogP contribution in [0.25, 0.3) is 0 Å². The minimum Gasteiger partial charge on any atom is -0.504 e. The van der Waals surface area contributed by atoms with Gasteiger partial charge in [0, 0.05) is 22.8 Å². The van der Waals surface area contributed by atoms with Crippen LogP contribution in [0, 0.1) is 6.92 Å². The fraction of sp³-hybridized carbons (Fsp3) is 0.143. The van der Waals surface area contributed by atoms with E-state index in [0.29, 0.717) is 17.1 Å². The number of nitrogens with one attached hydrogen (secondary N) is 1. The molecule has 0 aliphatic heterocycles. The first-order valence-electron chi connectivity index (χ1n) is 5.72. The molecule has 100 valence electrons.